The standard InChI is InChI=1S/C21H22N2O3/c1-14-11-12-16-7-6-10-19(21(16)22-14)26-13-20(24)23-15(2)17-8-4-5-9-18(17)25-3/h4-12,15H,13H2,1-3H3,(H,23,24)/t15-/m0/s1. The summed E-state index contributed by atoms with van der Waals surface area (Å²) in [6, 6.07) is 17.1. The predicted molar refractivity (Wildman–Crippen MR) is 102 cm³/mol. The Morgan fingerprint density at radius 3 is 2.65 bits per heavy atom. The number of pyridine rings is 1. The minimum absolute atomic E-state index is 0.0752. The molecule has 134 valence electrons. The van der Waals surface area contributed by atoms with Gasteiger partial charge in [0.15, 0.2) is 6.61 Å². The SMILES string of the molecule is COc1ccccc1[C@H](C)NC(=O)COc1cccc2ccc(C)nc12. The molecule has 0 aliphatic carbocycles. The monoisotopic (exact) mass is 350 g/mol. The number of aromatic nitrogens is 1. The second-order valence-corrected chi connectivity index (χ2v) is 6.10. The number of carbonyl (C=O) groups is 1. The first-order valence-electron chi connectivity index (χ1n) is 8.50. The van der Waals surface area contributed by atoms with Crippen LogP contribution in [0.2, 0.25) is 0 Å². The predicted octanol–water partition coefficient (Wildman–Crippen LogP) is 3.81. The molecule has 0 spiro atoms. The molecule has 26 heavy (non-hydrogen) atoms. The Kier molecular flexibility index (Phi) is 5.37. The summed E-state index contributed by atoms with van der Waals surface area (Å²) in [5, 5.41) is 3.92. The first-order chi connectivity index (χ1) is 12.6. The molecule has 0 aliphatic rings. The van der Waals surface area contributed by atoms with E-state index >= 15 is 0 Å². The summed E-state index contributed by atoms with van der Waals surface area (Å²) in [6.45, 7) is 3.77. The molecule has 0 radical (unpaired) electrons. The van der Waals surface area contributed by atoms with Crippen molar-refractivity contribution in [3.63, 3.8) is 0 Å². The molecular formula is C21H22N2O3. The number of ether oxygens (including phenoxy) is 2. The van der Waals surface area contributed by atoms with Crippen molar-refractivity contribution in [2.24, 2.45) is 0 Å². The molecule has 3 rings (SSSR count). The molecule has 0 fully saturated rings. The van der Waals surface area contributed by atoms with Crippen LogP contribution in [0.3, 0.4) is 0 Å². The minimum atomic E-state index is -0.201. The van der Waals surface area contributed by atoms with E-state index in [0.717, 1.165) is 27.9 Å². The highest BCUT2D eigenvalue weighted by atomic mass is 16.5. The number of fused-ring (bicyclic) bond motifs is 1. The van der Waals surface area contributed by atoms with E-state index < -0.39 is 0 Å². The van der Waals surface area contributed by atoms with Gasteiger partial charge >= 0.3 is 0 Å². The first-order valence-corrected chi connectivity index (χ1v) is 8.50. The number of hydrogen-bond acceptors (Lipinski definition) is 4. The zero-order chi connectivity index (χ0) is 18.5. The van der Waals surface area contributed by atoms with Crippen molar-refractivity contribution >= 4 is 16.8 Å². The van der Waals surface area contributed by atoms with Gasteiger partial charge in [0.05, 0.1) is 13.2 Å². The van der Waals surface area contributed by atoms with Crippen molar-refractivity contribution in [1.82, 2.24) is 10.3 Å². The third-order valence-corrected chi connectivity index (χ3v) is 4.16. The molecule has 2 aromatic carbocycles. The maximum Gasteiger partial charge on any atom is 0.258 e. The Hall–Kier alpha value is -3.08. The minimum Gasteiger partial charge on any atom is -0.496 e. The van der Waals surface area contributed by atoms with Gasteiger partial charge in [0.1, 0.15) is 17.0 Å². The molecule has 0 aliphatic heterocycles. The fourth-order valence-electron chi connectivity index (χ4n) is 2.86. The number of aryl methyl sites for hydroxylation is 1. The van der Waals surface area contributed by atoms with Crippen LogP contribution in [0, 0.1) is 6.92 Å². The van der Waals surface area contributed by atoms with E-state index in [9.17, 15) is 4.79 Å². The maximum atomic E-state index is 12.3. The highest BCUT2D eigenvalue weighted by Crippen LogP contribution is 2.25. The smallest absolute Gasteiger partial charge is 0.258 e. The molecule has 0 saturated carbocycles. The zero-order valence-corrected chi connectivity index (χ0v) is 15.2. The van der Waals surface area contributed by atoms with Crippen molar-refractivity contribution in [3.8, 4) is 11.5 Å². The molecule has 0 bridgehead atoms. The van der Waals surface area contributed by atoms with Gasteiger partial charge in [-0.2, -0.15) is 0 Å². The van der Waals surface area contributed by atoms with E-state index in [-0.39, 0.29) is 18.6 Å². The van der Waals surface area contributed by atoms with Crippen LogP contribution in [0.5, 0.6) is 11.5 Å². The highest BCUT2D eigenvalue weighted by molar-refractivity contribution is 5.85. The number of para-hydroxylation sites is 2. The number of amides is 1. The molecule has 1 N–H and O–H groups in total. The number of benzene rings is 2. The third-order valence-electron chi connectivity index (χ3n) is 4.16. The summed E-state index contributed by atoms with van der Waals surface area (Å²) in [6.07, 6.45) is 0. The molecule has 1 amide bonds. The molecule has 5 nitrogen and oxygen atoms in total. The number of carbonyl (C=O) groups excluding carboxylic acids is 1. The van der Waals surface area contributed by atoms with Crippen molar-refractivity contribution < 1.29 is 14.3 Å². The normalized spacial score (nSPS) is 11.8. The summed E-state index contributed by atoms with van der Waals surface area (Å²) in [7, 11) is 1.62. The molecule has 3 aromatic rings. The number of nitrogens with zero attached hydrogens (tertiary/aromatic N) is 1. The van der Waals surface area contributed by atoms with Crippen LogP contribution in [-0.2, 0) is 4.79 Å². The molecule has 1 atom stereocenters. The van der Waals surface area contributed by atoms with Gasteiger partial charge in [-0.25, -0.2) is 4.98 Å². The second-order valence-electron chi connectivity index (χ2n) is 6.10. The molecule has 0 saturated heterocycles. The Labute approximate surface area is 153 Å². The molecule has 1 heterocycles. The summed E-state index contributed by atoms with van der Waals surface area (Å²) >= 11 is 0. The van der Waals surface area contributed by atoms with E-state index in [0.29, 0.717) is 5.75 Å². The van der Waals surface area contributed by atoms with Crippen molar-refractivity contribution in [3.05, 3.63) is 65.9 Å². The van der Waals surface area contributed by atoms with Gasteiger partial charge in [-0.15, -0.1) is 0 Å². The van der Waals surface area contributed by atoms with Gasteiger partial charge in [0, 0.05) is 16.6 Å². The van der Waals surface area contributed by atoms with Crippen molar-refractivity contribution in [2.45, 2.75) is 19.9 Å². The van der Waals surface area contributed by atoms with Gasteiger partial charge in [-0.05, 0) is 32.0 Å². The summed E-state index contributed by atoms with van der Waals surface area (Å²) in [4.78, 5) is 16.8. The largest absolute Gasteiger partial charge is 0.496 e. The topological polar surface area (TPSA) is 60.5 Å². The number of methoxy groups -OCH3 is 1. The zero-order valence-electron chi connectivity index (χ0n) is 15.2. The number of nitrogens with one attached hydrogen (secondary N) is 1. The third kappa shape index (κ3) is 3.94. The van der Waals surface area contributed by atoms with Crippen LogP contribution < -0.4 is 14.8 Å². The molecule has 5 heteroatoms. The fraction of sp³-hybridized carbons (Fsp3) is 0.238. The van der Waals surface area contributed by atoms with Crippen molar-refractivity contribution in [1.29, 1.82) is 0 Å². The van der Waals surface area contributed by atoms with E-state index in [2.05, 4.69) is 10.3 Å². The van der Waals surface area contributed by atoms with E-state index in [4.69, 9.17) is 9.47 Å². The van der Waals surface area contributed by atoms with Gasteiger partial charge < -0.3 is 14.8 Å². The highest BCUT2D eigenvalue weighted by Gasteiger charge is 2.14. The van der Waals surface area contributed by atoms with Gasteiger partial charge in [0.2, 0.25) is 0 Å². The Morgan fingerprint density at radius 1 is 1.08 bits per heavy atom. The number of hydrogen-bond donors (Lipinski definition) is 1. The fourth-order valence-corrected chi connectivity index (χ4v) is 2.86. The molecular weight excluding hydrogens is 328 g/mol. The van der Waals surface area contributed by atoms with Gasteiger partial charge in [-0.1, -0.05) is 36.4 Å². The lowest BCUT2D eigenvalue weighted by molar-refractivity contribution is -0.123. The lowest BCUT2D eigenvalue weighted by atomic mass is 10.1. The van der Waals surface area contributed by atoms with Crippen LogP contribution in [0.1, 0.15) is 24.2 Å². The van der Waals surface area contributed by atoms with Gasteiger partial charge in [-0.3, -0.25) is 4.79 Å². The molecule has 0 unspecified atom stereocenters. The Balaban J connectivity index is 1.67. The van der Waals surface area contributed by atoms with Crippen LogP contribution in [0.4, 0.5) is 0 Å². The van der Waals surface area contributed by atoms with E-state index in [1.54, 1.807) is 7.11 Å². The number of rotatable bonds is 6. The van der Waals surface area contributed by atoms with E-state index in [1.807, 2.05) is 68.4 Å². The lowest BCUT2D eigenvalue weighted by Gasteiger charge is -2.17. The van der Waals surface area contributed by atoms with Crippen LogP contribution in [0.15, 0.2) is 54.6 Å². The summed E-state index contributed by atoms with van der Waals surface area (Å²) in [5.41, 5.74) is 2.59. The quantitative estimate of drug-likeness (QED) is 0.734. The summed E-state index contributed by atoms with van der Waals surface area (Å²) in [5.74, 6) is 1.15. The van der Waals surface area contributed by atoms with Crippen molar-refractivity contribution in [2.75, 3.05) is 13.7 Å². The average molecular weight is 350 g/mol. The maximum absolute atomic E-state index is 12.3. The first kappa shape index (κ1) is 17.7. The van der Waals surface area contributed by atoms with Crippen LogP contribution >= 0.6 is 0 Å². The Morgan fingerprint density at radius 2 is 1.85 bits per heavy atom. The van der Waals surface area contributed by atoms with Gasteiger partial charge in [0.25, 0.3) is 5.91 Å². The summed E-state index contributed by atoms with van der Waals surface area (Å²) < 4.78 is 11.1. The van der Waals surface area contributed by atoms with Crippen LogP contribution in [-0.4, -0.2) is 24.6 Å². The van der Waals surface area contributed by atoms with E-state index in [1.165, 1.54) is 0 Å². The second kappa shape index (κ2) is 7.87. The van der Waals surface area contributed by atoms with Crippen LogP contribution in [0.25, 0.3) is 10.9 Å². The Bertz CT molecular complexity index is 924. The molecule has 1 aromatic heterocycles. The average Bonchev–Trinajstić information content (AvgIpc) is 2.66. The lowest BCUT2D eigenvalue weighted by Crippen LogP contribution is -2.31.